The summed E-state index contributed by atoms with van der Waals surface area (Å²) in [6.45, 7) is 7.44. The van der Waals surface area contributed by atoms with Crippen LogP contribution in [-0.4, -0.2) is 80.6 Å². The predicted octanol–water partition coefficient (Wildman–Crippen LogP) is 6.97. The molecule has 0 saturated carbocycles. The van der Waals surface area contributed by atoms with Gasteiger partial charge in [-0.3, -0.25) is 18.8 Å². The quantitative estimate of drug-likeness (QED) is 0.107. The molecule has 0 saturated heterocycles. The van der Waals surface area contributed by atoms with Crippen molar-refractivity contribution < 1.29 is 31.1 Å². The maximum Gasteiger partial charge on any atom is 0.247 e. The third-order valence-electron chi connectivity index (χ3n) is 9.06. The zero-order chi connectivity index (χ0) is 42.9. The summed E-state index contributed by atoms with van der Waals surface area (Å²) < 4.78 is 83.5. The van der Waals surface area contributed by atoms with Crippen LogP contribution in [0.4, 0.5) is 23.5 Å². The number of aryl methyl sites for hydroxylation is 2. The lowest BCUT2D eigenvalue weighted by Gasteiger charge is -2.17. The maximum atomic E-state index is 14.7. The molecule has 6 aromatic heterocycles. The van der Waals surface area contributed by atoms with Gasteiger partial charge in [0.2, 0.25) is 20.9 Å². The van der Waals surface area contributed by atoms with Crippen LogP contribution in [0.3, 0.4) is 0 Å². The topological polar surface area (TPSA) is 178 Å². The number of anilines is 1. The zero-order valence-corrected chi connectivity index (χ0v) is 33.7. The second kappa shape index (κ2) is 16.5. The van der Waals surface area contributed by atoms with Gasteiger partial charge < -0.3 is 10.4 Å². The van der Waals surface area contributed by atoms with E-state index in [1.165, 1.54) is 30.5 Å². The Hall–Kier alpha value is -6.73. The van der Waals surface area contributed by atoms with Gasteiger partial charge in [-0.15, -0.1) is 0 Å². The normalized spacial score (nSPS) is 11.8. The van der Waals surface area contributed by atoms with Gasteiger partial charge in [-0.1, -0.05) is 13.8 Å². The van der Waals surface area contributed by atoms with E-state index >= 15 is 0 Å². The number of nitrogens with one attached hydrogen (secondary N) is 1. The fraction of sp³-hybridized carbons (Fsp3) is 0.220. The first-order valence-corrected chi connectivity index (χ1v) is 20.4. The molecule has 8 rings (SSSR count). The van der Waals surface area contributed by atoms with E-state index in [1.807, 2.05) is 13.8 Å². The van der Waals surface area contributed by atoms with Crippen molar-refractivity contribution in [2.75, 3.05) is 18.1 Å². The highest BCUT2D eigenvalue weighted by Gasteiger charge is 2.25. The van der Waals surface area contributed by atoms with Gasteiger partial charge in [-0.25, -0.2) is 55.9 Å². The second-order valence-electron chi connectivity index (χ2n) is 14.1. The Morgan fingerprint density at radius 2 is 1.15 bits per heavy atom. The summed E-state index contributed by atoms with van der Waals surface area (Å²) in [6, 6.07) is 9.78. The van der Waals surface area contributed by atoms with Gasteiger partial charge >= 0.3 is 0 Å². The molecule has 0 aliphatic rings. The predicted molar refractivity (Wildman–Crippen MR) is 215 cm³/mol. The Labute approximate surface area is 341 Å². The lowest BCUT2D eigenvalue weighted by Crippen LogP contribution is -2.29. The second-order valence-corrected chi connectivity index (χ2v) is 16.0. The van der Waals surface area contributed by atoms with Gasteiger partial charge in [-0.2, -0.15) is 0 Å². The summed E-state index contributed by atoms with van der Waals surface area (Å²) in [7, 11) is -3.66. The van der Waals surface area contributed by atoms with Crippen molar-refractivity contribution in [3.63, 3.8) is 0 Å². The highest BCUT2D eigenvalue weighted by molar-refractivity contribution is 7.90. The molecule has 0 radical (unpaired) electrons. The third-order valence-corrected chi connectivity index (χ3v) is 9.92. The first-order valence-electron chi connectivity index (χ1n) is 18.5. The minimum absolute atomic E-state index is 0.0617. The molecule has 0 unspecified atom stereocenters. The molecule has 14 nitrogen and oxygen atoms in total. The van der Waals surface area contributed by atoms with E-state index in [-0.39, 0.29) is 34.2 Å². The Morgan fingerprint density at radius 1 is 0.667 bits per heavy atom. The standard InChI is InChI=1S/C22H22F2N6O.C19H15F2N5O2S/c1-4-16-20-29-18(14-6-5-13(23)11-15(14)24)19(30(20)10-9-25-16)17-7-8-26-21(28-17)27-12-22(2,3)31;1-3-14-18-25-16(12-5-4-11(20)10-13(12)21)17(26(18)9-8-22-14)15-6-7-23-19(24-15)29(2,27)28/h5-11,31H,4,12H2,1-3H3,(H,26,27,28);4-10H,3H2,1-2H3. The van der Waals surface area contributed by atoms with Gasteiger partial charge in [0, 0.05) is 73.2 Å². The van der Waals surface area contributed by atoms with Crippen molar-refractivity contribution >= 4 is 27.1 Å². The number of imidazole rings is 2. The highest BCUT2D eigenvalue weighted by atomic mass is 32.2. The van der Waals surface area contributed by atoms with Gasteiger partial charge in [-0.05, 0) is 63.1 Å². The molecule has 0 fully saturated rings. The van der Waals surface area contributed by atoms with Crippen LogP contribution < -0.4 is 5.32 Å². The fourth-order valence-electron chi connectivity index (χ4n) is 6.31. The molecular weight excluding hydrogens is 803 g/mol. The number of rotatable bonds is 10. The first kappa shape index (κ1) is 41.4. The van der Waals surface area contributed by atoms with Crippen molar-refractivity contribution in [3.8, 4) is 45.3 Å². The average Bonchev–Trinajstić information content (AvgIpc) is 3.79. The van der Waals surface area contributed by atoms with E-state index in [1.54, 1.807) is 59.7 Å². The summed E-state index contributed by atoms with van der Waals surface area (Å²) in [6.07, 6.45) is 11.7. The van der Waals surface area contributed by atoms with Crippen LogP contribution in [0.1, 0.15) is 39.1 Å². The Kier molecular flexibility index (Phi) is 11.4. The number of hydrogen-bond donors (Lipinski definition) is 2. The number of fused-ring (bicyclic) bond motifs is 2. The minimum atomic E-state index is -3.66. The minimum Gasteiger partial charge on any atom is -0.389 e. The molecule has 0 aliphatic carbocycles. The van der Waals surface area contributed by atoms with E-state index in [4.69, 9.17) is 0 Å². The molecule has 60 heavy (non-hydrogen) atoms. The van der Waals surface area contributed by atoms with Crippen LogP contribution in [0.15, 0.2) is 90.9 Å². The smallest absolute Gasteiger partial charge is 0.247 e. The van der Waals surface area contributed by atoms with Crippen LogP contribution in [0, 0.1) is 23.3 Å². The molecule has 2 aromatic carbocycles. The lowest BCUT2D eigenvalue weighted by molar-refractivity contribution is 0.0943. The Bertz CT molecular complexity index is 3010. The summed E-state index contributed by atoms with van der Waals surface area (Å²) in [5, 5.41) is 12.6. The zero-order valence-electron chi connectivity index (χ0n) is 32.9. The molecule has 0 amide bonds. The van der Waals surface area contributed by atoms with Crippen LogP contribution in [0.25, 0.3) is 56.6 Å². The molecule has 6 heterocycles. The molecule has 8 aromatic rings. The number of halogens is 4. The summed E-state index contributed by atoms with van der Waals surface area (Å²) in [4.78, 5) is 34.6. The van der Waals surface area contributed by atoms with E-state index in [9.17, 15) is 31.1 Å². The van der Waals surface area contributed by atoms with Gasteiger partial charge in [0.25, 0.3) is 0 Å². The lowest BCUT2D eigenvalue weighted by atomic mass is 10.1. The van der Waals surface area contributed by atoms with Gasteiger partial charge in [0.15, 0.2) is 11.3 Å². The monoisotopic (exact) mass is 839 g/mol. The number of aromatic nitrogens is 10. The van der Waals surface area contributed by atoms with Crippen molar-refractivity contribution in [2.45, 2.75) is 51.3 Å². The SMILES string of the molecule is CCc1nccn2c(-c3ccnc(NCC(C)(C)O)n3)c(-c3ccc(F)cc3F)nc12.CCc1nccn2c(-c3ccnc(S(C)(=O)=O)n3)c(-c3ccc(F)cc3F)nc12. The molecular formula is C41H37F4N11O3S. The third kappa shape index (κ3) is 8.53. The first-order chi connectivity index (χ1) is 28.6. The Balaban J connectivity index is 0.000000182. The number of benzene rings is 2. The average molecular weight is 840 g/mol. The van der Waals surface area contributed by atoms with E-state index < -0.39 is 38.7 Å². The van der Waals surface area contributed by atoms with Crippen molar-refractivity contribution in [1.82, 2.24) is 48.7 Å². The van der Waals surface area contributed by atoms with Gasteiger partial charge in [0.05, 0.1) is 39.8 Å². The van der Waals surface area contributed by atoms with Crippen LogP contribution in [-0.2, 0) is 22.7 Å². The number of aliphatic hydroxyl groups is 1. The highest BCUT2D eigenvalue weighted by Crippen LogP contribution is 2.36. The Morgan fingerprint density at radius 3 is 1.60 bits per heavy atom. The largest absolute Gasteiger partial charge is 0.389 e. The maximum absolute atomic E-state index is 14.7. The number of sulfone groups is 1. The molecule has 0 bridgehead atoms. The molecule has 308 valence electrons. The van der Waals surface area contributed by atoms with Crippen molar-refractivity contribution in [1.29, 1.82) is 0 Å². The van der Waals surface area contributed by atoms with Gasteiger partial charge in [0.1, 0.15) is 34.7 Å². The van der Waals surface area contributed by atoms with Crippen molar-refractivity contribution in [2.24, 2.45) is 0 Å². The molecule has 0 spiro atoms. The van der Waals surface area contributed by atoms with Crippen molar-refractivity contribution in [3.05, 3.63) is 120 Å². The summed E-state index contributed by atoms with van der Waals surface area (Å²) in [5.41, 5.74) is 3.87. The fourth-order valence-corrected chi connectivity index (χ4v) is 6.82. The molecule has 0 aliphatic heterocycles. The van der Waals surface area contributed by atoms with Crippen LogP contribution in [0.5, 0.6) is 0 Å². The molecule has 2 N–H and O–H groups in total. The molecule has 0 atom stereocenters. The van der Waals surface area contributed by atoms with E-state index in [0.29, 0.717) is 58.6 Å². The number of nitrogens with zero attached hydrogens (tertiary/aromatic N) is 10. The van der Waals surface area contributed by atoms with Crippen LogP contribution >= 0.6 is 0 Å². The summed E-state index contributed by atoms with van der Waals surface area (Å²) in [5.74, 6) is -2.58. The van der Waals surface area contributed by atoms with Crippen LogP contribution in [0.2, 0.25) is 0 Å². The van der Waals surface area contributed by atoms with E-state index in [0.717, 1.165) is 30.1 Å². The van der Waals surface area contributed by atoms with E-state index in [2.05, 4.69) is 45.2 Å². The molecule has 19 heteroatoms. The summed E-state index contributed by atoms with van der Waals surface area (Å²) >= 11 is 0. The number of hydrogen-bond acceptors (Lipinski definition) is 12.